The van der Waals surface area contributed by atoms with Gasteiger partial charge in [-0.1, -0.05) is 60.7 Å². The molecule has 0 spiro atoms. The molecule has 2 rings (SSSR count). The maximum Gasteiger partial charge on any atom is 0.323 e. The first-order chi connectivity index (χ1) is 13.5. The highest BCUT2D eigenvalue weighted by molar-refractivity contribution is 5.82. The molecule has 0 heterocycles. The Morgan fingerprint density at radius 1 is 0.929 bits per heavy atom. The van der Waals surface area contributed by atoms with E-state index in [1.54, 1.807) is 0 Å². The summed E-state index contributed by atoms with van der Waals surface area (Å²) in [6, 6.07) is 16.2. The fourth-order valence-corrected chi connectivity index (χ4v) is 2.64. The quantitative estimate of drug-likeness (QED) is 0.452. The van der Waals surface area contributed by atoms with Crippen molar-refractivity contribution in [2.24, 2.45) is 11.5 Å². The van der Waals surface area contributed by atoms with Crippen LogP contribution in [0.1, 0.15) is 30.0 Å². The Hall–Kier alpha value is -2.74. The zero-order valence-corrected chi connectivity index (χ0v) is 15.7. The highest BCUT2D eigenvalue weighted by Crippen LogP contribution is 2.12. The summed E-state index contributed by atoms with van der Waals surface area (Å²) < 4.78 is 5.18. The number of hydrogen-bond donors (Lipinski definition) is 4. The number of aliphatic hydroxyl groups is 1. The monoisotopic (exact) mass is 385 g/mol. The van der Waals surface area contributed by atoms with Gasteiger partial charge < -0.3 is 26.6 Å². The Morgan fingerprint density at radius 3 is 2.11 bits per heavy atom. The minimum absolute atomic E-state index is 0.148. The minimum Gasteiger partial charge on any atom is -0.460 e. The first-order valence-corrected chi connectivity index (χ1v) is 9.19. The first-order valence-electron chi connectivity index (χ1n) is 9.19. The normalized spacial score (nSPS) is 14.0. The highest BCUT2D eigenvalue weighted by Gasteiger charge is 2.22. The summed E-state index contributed by atoms with van der Waals surface area (Å²) in [7, 11) is 0. The zero-order valence-electron chi connectivity index (χ0n) is 15.7. The molecule has 0 bridgehead atoms. The van der Waals surface area contributed by atoms with E-state index in [-0.39, 0.29) is 26.1 Å². The van der Waals surface area contributed by atoms with Crippen LogP contribution >= 0.6 is 0 Å². The van der Waals surface area contributed by atoms with Gasteiger partial charge in [-0.2, -0.15) is 0 Å². The van der Waals surface area contributed by atoms with Gasteiger partial charge in [-0.25, -0.2) is 0 Å². The fourth-order valence-electron chi connectivity index (χ4n) is 2.64. The summed E-state index contributed by atoms with van der Waals surface area (Å²) in [5, 5.41) is 12.2. The van der Waals surface area contributed by atoms with Crippen molar-refractivity contribution >= 4 is 11.9 Å². The van der Waals surface area contributed by atoms with Gasteiger partial charge >= 0.3 is 5.97 Å². The van der Waals surface area contributed by atoms with Crippen LogP contribution in [0.4, 0.5) is 0 Å². The Labute approximate surface area is 164 Å². The summed E-state index contributed by atoms with van der Waals surface area (Å²) in [5.74, 6) is -0.943. The van der Waals surface area contributed by atoms with Crippen molar-refractivity contribution in [1.82, 2.24) is 5.32 Å². The largest absolute Gasteiger partial charge is 0.460 e. The van der Waals surface area contributed by atoms with Crippen molar-refractivity contribution < 1.29 is 19.4 Å². The number of benzene rings is 2. The standard InChI is InChI=1S/C21H27N3O4/c22-17(20(26)24-19(13-25)16-9-5-2-6-10-16)11-12-18(23)21(27)28-14-15-7-3-1-4-8-15/h1-10,17-19,25H,11-14,22-23H2,(H,24,26)/t17-,18?,19?/m1/s1. The van der Waals surface area contributed by atoms with Crippen LogP contribution in [0, 0.1) is 0 Å². The molecule has 2 aromatic rings. The Balaban J connectivity index is 1.76. The van der Waals surface area contributed by atoms with Gasteiger partial charge in [-0.3, -0.25) is 9.59 Å². The first kappa shape index (κ1) is 21.6. The molecule has 0 fully saturated rings. The predicted molar refractivity (Wildman–Crippen MR) is 106 cm³/mol. The second kappa shape index (κ2) is 11.2. The lowest BCUT2D eigenvalue weighted by atomic mass is 10.0. The molecule has 150 valence electrons. The number of ether oxygens (including phenoxy) is 1. The minimum atomic E-state index is -0.856. The van der Waals surface area contributed by atoms with E-state index in [1.165, 1.54) is 0 Å². The highest BCUT2D eigenvalue weighted by atomic mass is 16.5. The van der Waals surface area contributed by atoms with Crippen molar-refractivity contribution in [3.63, 3.8) is 0 Å². The summed E-state index contributed by atoms with van der Waals surface area (Å²) in [4.78, 5) is 24.3. The molecule has 1 amide bonds. The molecule has 0 aromatic heterocycles. The number of aliphatic hydroxyl groups excluding tert-OH is 1. The summed E-state index contributed by atoms with van der Waals surface area (Å²) in [5.41, 5.74) is 13.4. The second-order valence-electron chi connectivity index (χ2n) is 6.54. The van der Waals surface area contributed by atoms with Crippen LogP contribution in [-0.4, -0.2) is 35.7 Å². The fraction of sp³-hybridized carbons (Fsp3) is 0.333. The molecule has 0 saturated heterocycles. The van der Waals surface area contributed by atoms with Crippen LogP contribution in [0.2, 0.25) is 0 Å². The van der Waals surface area contributed by atoms with E-state index in [1.807, 2.05) is 60.7 Å². The number of nitrogens with two attached hydrogens (primary N) is 2. The van der Waals surface area contributed by atoms with E-state index in [0.717, 1.165) is 11.1 Å². The molecule has 0 radical (unpaired) electrons. The Morgan fingerprint density at radius 2 is 1.50 bits per heavy atom. The van der Waals surface area contributed by atoms with Crippen molar-refractivity contribution in [2.75, 3.05) is 6.61 Å². The van der Waals surface area contributed by atoms with Crippen LogP contribution < -0.4 is 16.8 Å². The maximum absolute atomic E-state index is 12.3. The topological polar surface area (TPSA) is 128 Å². The average Bonchev–Trinajstić information content (AvgIpc) is 2.74. The van der Waals surface area contributed by atoms with Crippen LogP contribution in [-0.2, 0) is 20.9 Å². The van der Waals surface area contributed by atoms with Crippen LogP contribution in [0.15, 0.2) is 60.7 Å². The summed E-state index contributed by atoms with van der Waals surface area (Å²) in [6.07, 6.45) is 0.442. The molecule has 0 saturated carbocycles. The smallest absolute Gasteiger partial charge is 0.323 e. The molecular weight excluding hydrogens is 358 g/mol. The lowest BCUT2D eigenvalue weighted by Gasteiger charge is -2.20. The van der Waals surface area contributed by atoms with Gasteiger partial charge in [0, 0.05) is 0 Å². The van der Waals surface area contributed by atoms with Crippen LogP contribution in [0.25, 0.3) is 0 Å². The van der Waals surface area contributed by atoms with Gasteiger partial charge in [-0.05, 0) is 24.0 Å². The number of amides is 1. The van der Waals surface area contributed by atoms with Crippen LogP contribution in [0.5, 0.6) is 0 Å². The van der Waals surface area contributed by atoms with E-state index in [4.69, 9.17) is 16.2 Å². The molecule has 7 heteroatoms. The van der Waals surface area contributed by atoms with Gasteiger partial charge in [0.1, 0.15) is 12.6 Å². The van der Waals surface area contributed by atoms with Crippen molar-refractivity contribution in [3.05, 3.63) is 71.8 Å². The number of nitrogens with one attached hydrogen (secondary N) is 1. The molecule has 7 nitrogen and oxygen atoms in total. The third-order valence-electron chi connectivity index (χ3n) is 4.35. The van der Waals surface area contributed by atoms with E-state index < -0.39 is 30.0 Å². The molecule has 0 aliphatic heterocycles. The van der Waals surface area contributed by atoms with Gasteiger partial charge in [0.25, 0.3) is 0 Å². The van der Waals surface area contributed by atoms with E-state index in [0.29, 0.717) is 0 Å². The summed E-state index contributed by atoms with van der Waals surface area (Å²) >= 11 is 0. The molecule has 3 atom stereocenters. The van der Waals surface area contributed by atoms with Gasteiger partial charge in [0.15, 0.2) is 0 Å². The third-order valence-corrected chi connectivity index (χ3v) is 4.35. The Bertz CT molecular complexity index is 740. The zero-order chi connectivity index (χ0) is 20.4. The van der Waals surface area contributed by atoms with E-state index in [9.17, 15) is 14.7 Å². The Kier molecular flexibility index (Phi) is 8.61. The van der Waals surface area contributed by atoms with Gasteiger partial charge in [0.05, 0.1) is 18.7 Å². The molecule has 2 unspecified atom stereocenters. The molecule has 0 aliphatic carbocycles. The van der Waals surface area contributed by atoms with Crippen LogP contribution in [0.3, 0.4) is 0 Å². The van der Waals surface area contributed by atoms with E-state index >= 15 is 0 Å². The van der Waals surface area contributed by atoms with Gasteiger partial charge in [-0.15, -0.1) is 0 Å². The molecule has 2 aromatic carbocycles. The summed E-state index contributed by atoms with van der Waals surface area (Å²) in [6.45, 7) is -0.0943. The number of esters is 1. The molecule has 0 aliphatic rings. The lowest BCUT2D eigenvalue weighted by molar-refractivity contribution is -0.146. The molecule has 6 N–H and O–H groups in total. The van der Waals surface area contributed by atoms with Crippen molar-refractivity contribution in [2.45, 2.75) is 37.6 Å². The second-order valence-corrected chi connectivity index (χ2v) is 6.54. The molecular formula is C21H27N3O4. The van der Waals surface area contributed by atoms with Crippen molar-refractivity contribution in [1.29, 1.82) is 0 Å². The maximum atomic E-state index is 12.3. The van der Waals surface area contributed by atoms with Gasteiger partial charge in [0.2, 0.25) is 5.91 Å². The third kappa shape index (κ3) is 6.77. The average molecular weight is 385 g/mol. The lowest BCUT2D eigenvalue weighted by Crippen LogP contribution is -2.44. The van der Waals surface area contributed by atoms with E-state index in [2.05, 4.69) is 5.32 Å². The SMILES string of the molecule is NC(CC[C@@H](N)C(=O)NC(CO)c1ccccc1)C(=O)OCc1ccccc1. The number of hydrogen-bond acceptors (Lipinski definition) is 6. The number of rotatable bonds is 10. The molecule has 28 heavy (non-hydrogen) atoms. The number of carbonyl (C=O) groups excluding carboxylic acids is 2. The van der Waals surface area contributed by atoms with Crippen molar-refractivity contribution in [3.8, 4) is 0 Å². The predicted octanol–water partition coefficient (Wildman–Crippen LogP) is 1.01. The number of carbonyl (C=O) groups is 2.